The maximum absolute atomic E-state index is 12.2. The van der Waals surface area contributed by atoms with Crippen molar-refractivity contribution in [1.29, 1.82) is 0 Å². The van der Waals surface area contributed by atoms with Crippen LogP contribution in [0.3, 0.4) is 0 Å². The van der Waals surface area contributed by atoms with Crippen LogP contribution in [0.15, 0.2) is 0 Å². The van der Waals surface area contributed by atoms with E-state index in [1.165, 1.54) is 11.3 Å². The van der Waals surface area contributed by atoms with Gasteiger partial charge in [0.25, 0.3) is 5.91 Å². The lowest BCUT2D eigenvalue weighted by atomic mass is 10.3. The van der Waals surface area contributed by atoms with Crippen LogP contribution in [0.5, 0.6) is 5.75 Å². The van der Waals surface area contributed by atoms with Gasteiger partial charge in [0.2, 0.25) is 0 Å². The lowest BCUT2D eigenvalue weighted by Gasteiger charge is -2.12. The monoisotopic (exact) mass is 313 g/mol. The van der Waals surface area contributed by atoms with Gasteiger partial charge in [-0.3, -0.25) is 4.79 Å². The number of hydrogen-bond acceptors (Lipinski definition) is 6. The number of nitrogens with two attached hydrogens (primary N) is 1. The van der Waals surface area contributed by atoms with Gasteiger partial charge in [-0.05, 0) is 26.7 Å². The number of ether oxygens (including phenoxy) is 2. The van der Waals surface area contributed by atoms with E-state index in [1.54, 1.807) is 7.11 Å². The van der Waals surface area contributed by atoms with Gasteiger partial charge in [0.15, 0.2) is 5.75 Å². The van der Waals surface area contributed by atoms with Crippen molar-refractivity contribution in [3.63, 3.8) is 0 Å². The molecule has 1 saturated carbocycles. The number of carbonyl (C=O) groups is 1. The zero-order chi connectivity index (χ0) is 15.4. The fourth-order valence-electron chi connectivity index (χ4n) is 1.81. The van der Waals surface area contributed by atoms with E-state index < -0.39 is 0 Å². The Kier molecular flexibility index (Phi) is 5.30. The molecule has 0 aliphatic heterocycles. The van der Waals surface area contributed by atoms with Crippen LogP contribution in [-0.4, -0.2) is 38.3 Å². The molecule has 1 aliphatic carbocycles. The molecule has 21 heavy (non-hydrogen) atoms. The molecule has 2 rings (SSSR count). The molecule has 1 amide bonds. The first-order chi connectivity index (χ1) is 10.0. The molecule has 1 aliphatic rings. The smallest absolute Gasteiger partial charge is 0.263 e. The molecular weight excluding hydrogens is 290 g/mol. The van der Waals surface area contributed by atoms with Crippen molar-refractivity contribution in [2.45, 2.75) is 38.8 Å². The van der Waals surface area contributed by atoms with E-state index in [1.807, 2.05) is 13.8 Å². The molecule has 0 unspecified atom stereocenters. The quantitative estimate of drug-likeness (QED) is 0.640. The second-order valence-electron chi connectivity index (χ2n) is 5.34. The number of amides is 1. The first kappa shape index (κ1) is 15.9. The number of thiophene rings is 1. The molecule has 1 fully saturated rings. The zero-order valence-electron chi connectivity index (χ0n) is 12.7. The number of nitrogens with one attached hydrogen (secondary N) is 2. The fourth-order valence-corrected chi connectivity index (χ4v) is 2.80. The van der Waals surface area contributed by atoms with E-state index in [2.05, 4.69) is 10.6 Å². The van der Waals surface area contributed by atoms with Gasteiger partial charge in [0.1, 0.15) is 15.6 Å². The molecule has 1 aromatic heterocycles. The summed E-state index contributed by atoms with van der Waals surface area (Å²) in [6.07, 6.45) is 2.08. The van der Waals surface area contributed by atoms with Gasteiger partial charge in [-0.25, -0.2) is 0 Å². The van der Waals surface area contributed by atoms with Crippen LogP contribution in [0.1, 0.15) is 36.4 Å². The van der Waals surface area contributed by atoms with Gasteiger partial charge in [0, 0.05) is 19.7 Å². The predicted molar refractivity (Wildman–Crippen MR) is 85.3 cm³/mol. The van der Waals surface area contributed by atoms with E-state index in [4.69, 9.17) is 15.2 Å². The maximum atomic E-state index is 12.2. The Bertz CT molecular complexity index is 498. The predicted octanol–water partition coefficient (Wildman–Crippen LogP) is 2.07. The highest BCUT2D eigenvalue weighted by Gasteiger charge is 2.28. The molecule has 4 N–H and O–H groups in total. The number of hydrogen-bond donors (Lipinski definition) is 3. The topological polar surface area (TPSA) is 85.6 Å². The van der Waals surface area contributed by atoms with Crippen LogP contribution in [0.4, 0.5) is 10.7 Å². The van der Waals surface area contributed by atoms with Crippen LogP contribution >= 0.6 is 11.3 Å². The molecule has 0 spiro atoms. The second kappa shape index (κ2) is 7.00. The molecule has 118 valence electrons. The Hall–Kier alpha value is -1.47. The summed E-state index contributed by atoms with van der Waals surface area (Å²) < 4.78 is 10.8. The molecule has 0 atom stereocenters. The number of rotatable bonds is 8. The molecule has 1 heterocycles. The molecule has 6 nitrogen and oxygen atoms in total. The molecule has 7 heteroatoms. The summed E-state index contributed by atoms with van der Waals surface area (Å²) in [4.78, 5) is 12.7. The van der Waals surface area contributed by atoms with Crippen LogP contribution in [0, 0.1) is 0 Å². The van der Waals surface area contributed by atoms with Crippen molar-refractivity contribution in [2.24, 2.45) is 0 Å². The van der Waals surface area contributed by atoms with E-state index in [9.17, 15) is 4.79 Å². The van der Waals surface area contributed by atoms with Gasteiger partial charge >= 0.3 is 0 Å². The Morgan fingerprint density at radius 3 is 2.76 bits per heavy atom. The van der Waals surface area contributed by atoms with Crippen molar-refractivity contribution in [1.82, 2.24) is 5.32 Å². The van der Waals surface area contributed by atoms with Crippen molar-refractivity contribution in [3.05, 3.63) is 4.88 Å². The summed E-state index contributed by atoms with van der Waals surface area (Å²) >= 11 is 1.33. The summed E-state index contributed by atoms with van der Waals surface area (Å²) in [6.45, 7) is 5.07. The van der Waals surface area contributed by atoms with Gasteiger partial charge < -0.3 is 25.8 Å². The highest BCUT2D eigenvalue weighted by Crippen LogP contribution is 2.43. The molecular formula is C14H23N3O3S. The van der Waals surface area contributed by atoms with E-state index >= 15 is 0 Å². The number of methoxy groups -OCH3 is 1. The molecule has 0 radical (unpaired) electrons. The van der Waals surface area contributed by atoms with Gasteiger partial charge in [-0.15, -0.1) is 11.3 Å². The standard InChI is InChI=1S/C14H23N3O3S/c1-8(2)20-11-10(15)12(13(18)17-9-4-5-9)21-14(11)16-6-7-19-3/h8-9,16H,4-7,15H2,1-3H3,(H,17,18). The summed E-state index contributed by atoms with van der Waals surface area (Å²) in [5.41, 5.74) is 6.52. The van der Waals surface area contributed by atoms with E-state index in [0.717, 1.165) is 17.8 Å². The van der Waals surface area contributed by atoms with Crippen LogP contribution < -0.4 is 21.1 Å². The SMILES string of the molecule is COCCNc1sc(C(=O)NC2CC2)c(N)c1OC(C)C. The number of nitrogen functional groups attached to an aromatic ring is 1. The Morgan fingerprint density at radius 2 is 2.19 bits per heavy atom. The fraction of sp³-hybridized carbons (Fsp3) is 0.643. The van der Waals surface area contributed by atoms with E-state index in [0.29, 0.717) is 35.5 Å². The highest BCUT2D eigenvalue weighted by molar-refractivity contribution is 7.19. The van der Waals surface area contributed by atoms with Gasteiger partial charge in [0.05, 0.1) is 12.7 Å². The number of anilines is 2. The van der Waals surface area contributed by atoms with Crippen LogP contribution in [0.25, 0.3) is 0 Å². The molecule has 1 aromatic rings. The summed E-state index contributed by atoms with van der Waals surface area (Å²) in [6, 6.07) is 0.304. The third-order valence-electron chi connectivity index (χ3n) is 2.96. The first-order valence-electron chi connectivity index (χ1n) is 7.15. The molecule has 0 aromatic carbocycles. The Labute approximate surface area is 129 Å². The van der Waals surface area contributed by atoms with E-state index in [-0.39, 0.29) is 12.0 Å². The zero-order valence-corrected chi connectivity index (χ0v) is 13.5. The maximum Gasteiger partial charge on any atom is 0.263 e. The summed E-state index contributed by atoms with van der Waals surface area (Å²) in [7, 11) is 1.64. The first-order valence-corrected chi connectivity index (χ1v) is 7.97. The van der Waals surface area contributed by atoms with Gasteiger partial charge in [-0.2, -0.15) is 0 Å². The second-order valence-corrected chi connectivity index (χ2v) is 6.36. The average Bonchev–Trinajstić information content (AvgIpc) is 3.18. The number of carbonyl (C=O) groups excluding carboxylic acids is 1. The lowest BCUT2D eigenvalue weighted by molar-refractivity contribution is 0.0955. The van der Waals surface area contributed by atoms with Crippen molar-refractivity contribution in [3.8, 4) is 5.75 Å². The normalized spacial score (nSPS) is 14.3. The summed E-state index contributed by atoms with van der Waals surface area (Å²) in [5.74, 6) is 0.445. The molecule has 0 bridgehead atoms. The minimum absolute atomic E-state index is 0.00998. The summed E-state index contributed by atoms with van der Waals surface area (Å²) in [5, 5.41) is 6.95. The minimum Gasteiger partial charge on any atom is -0.486 e. The van der Waals surface area contributed by atoms with Crippen molar-refractivity contribution >= 4 is 27.9 Å². The largest absolute Gasteiger partial charge is 0.486 e. The molecule has 0 saturated heterocycles. The van der Waals surface area contributed by atoms with Gasteiger partial charge in [-0.1, -0.05) is 0 Å². The van der Waals surface area contributed by atoms with Crippen molar-refractivity contribution < 1.29 is 14.3 Å². The van der Waals surface area contributed by atoms with Crippen molar-refractivity contribution in [2.75, 3.05) is 31.3 Å². The Morgan fingerprint density at radius 1 is 1.48 bits per heavy atom. The minimum atomic E-state index is -0.117. The van der Waals surface area contributed by atoms with Crippen LogP contribution in [0.2, 0.25) is 0 Å². The average molecular weight is 313 g/mol. The Balaban J connectivity index is 2.17. The third kappa shape index (κ3) is 4.25. The third-order valence-corrected chi connectivity index (χ3v) is 4.11. The van der Waals surface area contributed by atoms with Crippen LogP contribution in [-0.2, 0) is 4.74 Å². The lowest BCUT2D eigenvalue weighted by Crippen LogP contribution is -2.25. The highest BCUT2D eigenvalue weighted by atomic mass is 32.1.